The van der Waals surface area contributed by atoms with Crippen molar-refractivity contribution < 1.29 is 22.6 Å². The van der Waals surface area contributed by atoms with Crippen LogP contribution in [0.5, 0.6) is 11.5 Å². The average molecular weight is 362 g/mol. The van der Waals surface area contributed by atoms with E-state index in [0.717, 1.165) is 17.8 Å². The van der Waals surface area contributed by atoms with E-state index < -0.39 is 11.7 Å². The van der Waals surface area contributed by atoms with Crippen molar-refractivity contribution in [3.8, 4) is 11.5 Å². The number of nitrogens with one attached hydrogen (secondary N) is 1. The molecule has 0 amide bonds. The van der Waals surface area contributed by atoms with E-state index in [4.69, 9.17) is 9.47 Å². The topological polar surface area (TPSA) is 43.4 Å². The van der Waals surface area contributed by atoms with Crippen molar-refractivity contribution >= 4 is 22.3 Å². The van der Waals surface area contributed by atoms with Crippen molar-refractivity contribution in [2.24, 2.45) is 0 Å². The molecule has 3 aromatic rings. The Hall–Kier alpha value is -2.96. The zero-order chi connectivity index (χ0) is 18.9. The van der Waals surface area contributed by atoms with Gasteiger partial charge >= 0.3 is 6.18 Å². The lowest BCUT2D eigenvalue weighted by molar-refractivity contribution is -0.137. The Balaban J connectivity index is 2.05. The van der Waals surface area contributed by atoms with Gasteiger partial charge in [-0.25, -0.2) is 0 Å². The van der Waals surface area contributed by atoms with E-state index in [1.165, 1.54) is 13.2 Å². The second-order valence-electron chi connectivity index (χ2n) is 5.74. The fraction of sp³-hybridized carbons (Fsp3) is 0.211. The number of ether oxygens (including phenoxy) is 2. The first-order valence-corrected chi connectivity index (χ1v) is 7.79. The standard InChI is InChI=1S/C19H17F3N2O2/c1-11-8-15(24-13-5-7-17(25-2)18(10-13)26-3)14-6-4-12(19(20,21)22)9-16(14)23-11/h4-10H,1-3H3,(H,23,24). The molecule has 0 spiro atoms. The Morgan fingerprint density at radius 3 is 2.31 bits per heavy atom. The quantitative estimate of drug-likeness (QED) is 0.682. The highest BCUT2D eigenvalue weighted by Gasteiger charge is 2.30. The third-order valence-electron chi connectivity index (χ3n) is 3.93. The molecule has 0 radical (unpaired) electrons. The molecule has 0 aliphatic carbocycles. The van der Waals surface area contributed by atoms with Crippen LogP contribution in [0.1, 0.15) is 11.3 Å². The van der Waals surface area contributed by atoms with Crippen LogP contribution in [0.15, 0.2) is 42.5 Å². The number of hydrogen-bond donors (Lipinski definition) is 1. The van der Waals surface area contributed by atoms with Crippen LogP contribution >= 0.6 is 0 Å². The number of benzene rings is 2. The van der Waals surface area contributed by atoms with Crippen molar-refractivity contribution in [1.82, 2.24) is 4.98 Å². The number of rotatable bonds is 4. The predicted octanol–water partition coefficient (Wildman–Crippen LogP) is 5.32. The summed E-state index contributed by atoms with van der Waals surface area (Å²) < 4.78 is 49.3. The predicted molar refractivity (Wildman–Crippen MR) is 94.3 cm³/mol. The Morgan fingerprint density at radius 2 is 1.65 bits per heavy atom. The molecule has 136 valence electrons. The third-order valence-corrected chi connectivity index (χ3v) is 3.93. The molecule has 0 fully saturated rings. The summed E-state index contributed by atoms with van der Waals surface area (Å²) >= 11 is 0. The van der Waals surface area contributed by atoms with E-state index in [1.54, 1.807) is 38.3 Å². The summed E-state index contributed by atoms with van der Waals surface area (Å²) in [7, 11) is 3.08. The van der Waals surface area contributed by atoms with Crippen molar-refractivity contribution in [2.45, 2.75) is 13.1 Å². The minimum absolute atomic E-state index is 0.280. The molecule has 0 aliphatic heterocycles. The molecule has 7 heteroatoms. The zero-order valence-electron chi connectivity index (χ0n) is 14.4. The number of pyridine rings is 1. The number of aromatic nitrogens is 1. The molecule has 2 aromatic carbocycles. The van der Waals surface area contributed by atoms with Crippen molar-refractivity contribution in [3.05, 3.63) is 53.7 Å². The van der Waals surface area contributed by atoms with Crippen LogP contribution in [0, 0.1) is 6.92 Å². The molecule has 0 unspecified atom stereocenters. The summed E-state index contributed by atoms with van der Waals surface area (Å²) in [5.74, 6) is 1.13. The van der Waals surface area contributed by atoms with Crippen molar-refractivity contribution in [2.75, 3.05) is 19.5 Å². The maximum Gasteiger partial charge on any atom is 0.416 e. The first kappa shape index (κ1) is 17.8. The monoisotopic (exact) mass is 362 g/mol. The lowest BCUT2D eigenvalue weighted by Gasteiger charge is -2.14. The average Bonchev–Trinajstić information content (AvgIpc) is 2.60. The number of halogens is 3. The number of methoxy groups -OCH3 is 2. The zero-order valence-corrected chi connectivity index (χ0v) is 14.4. The van der Waals surface area contributed by atoms with Crippen LogP contribution < -0.4 is 14.8 Å². The minimum atomic E-state index is -4.41. The van der Waals surface area contributed by atoms with Crippen LogP contribution in [0.3, 0.4) is 0 Å². The molecule has 4 nitrogen and oxygen atoms in total. The Labute approximate surface area is 148 Å². The smallest absolute Gasteiger partial charge is 0.416 e. The molecular weight excluding hydrogens is 345 g/mol. The van der Waals surface area contributed by atoms with Gasteiger partial charge in [0.05, 0.1) is 25.3 Å². The lowest BCUT2D eigenvalue weighted by atomic mass is 10.1. The van der Waals surface area contributed by atoms with E-state index in [-0.39, 0.29) is 5.52 Å². The van der Waals surface area contributed by atoms with Gasteiger partial charge < -0.3 is 14.8 Å². The second kappa shape index (κ2) is 6.74. The molecule has 3 rings (SSSR count). The minimum Gasteiger partial charge on any atom is -0.493 e. The SMILES string of the molecule is COc1ccc(Nc2cc(C)nc3cc(C(F)(F)F)ccc23)cc1OC. The van der Waals surface area contributed by atoms with E-state index in [2.05, 4.69) is 10.3 Å². The Morgan fingerprint density at radius 1 is 0.923 bits per heavy atom. The van der Waals surface area contributed by atoms with Gasteiger partial charge in [0, 0.05) is 28.5 Å². The molecule has 1 heterocycles. The van der Waals surface area contributed by atoms with Crippen molar-refractivity contribution in [1.29, 1.82) is 0 Å². The number of anilines is 2. The number of alkyl halides is 3. The molecule has 0 aliphatic rings. The van der Waals surface area contributed by atoms with Gasteiger partial charge in [-0.3, -0.25) is 4.98 Å². The largest absolute Gasteiger partial charge is 0.493 e. The second-order valence-corrected chi connectivity index (χ2v) is 5.74. The highest BCUT2D eigenvalue weighted by Crippen LogP contribution is 2.35. The maximum atomic E-state index is 12.9. The summed E-state index contributed by atoms with van der Waals surface area (Å²) in [5, 5.41) is 3.81. The van der Waals surface area contributed by atoms with E-state index in [0.29, 0.717) is 28.3 Å². The van der Waals surface area contributed by atoms with E-state index in [9.17, 15) is 13.2 Å². The molecule has 0 atom stereocenters. The van der Waals surface area contributed by atoms with Crippen LogP contribution in [0.25, 0.3) is 10.9 Å². The van der Waals surface area contributed by atoms with Crippen LogP contribution in [0.2, 0.25) is 0 Å². The van der Waals surface area contributed by atoms with E-state index in [1.807, 2.05) is 0 Å². The van der Waals surface area contributed by atoms with Gasteiger partial charge in [-0.1, -0.05) is 6.07 Å². The lowest BCUT2D eigenvalue weighted by Crippen LogP contribution is -2.05. The Bertz CT molecular complexity index is 955. The summed E-state index contributed by atoms with van der Waals surface area (Å²) in [6.07, 6.45) is -4.41. The summed E-state index contributed by atoms with van der Waals surface area (Å²) in [5.41, 5.74) is 1.55. The number of fused-ring (bicyclic) bond motifs is 1. The summed E-state index contributed by atoms with van der Waals surface area (Å²) in [6.45, 7) is 1.74. The van der Waals surface area contributed by atoms with Gasteiger partial charge in [-0.05, 0) is 37.3 Å². The van der Waals surface area contributed by atoms with Gasteiger partial charge in [-0.15, -0.1) is 0 Å². The summed E-state index contributed by atoms with van der Waals surface area (Å²) in [6, 6.07) is 10.6. The van der Waals surface area contributed by atoms with Gasteiger partial charge in [0.2, 0.25) is 0 Å². The first-order valence-electron chi connectivity index (χ1n) is 7.79. The number of nitrogens with zero attached hydrogens (tertiary/aromatic N) is 1. The highest BCUT2D eigenvalue weighted by atomic mass is 19.4. The van der Waals surface area contributed by atoms with Crippen LogP contribution in [-0.2, 0) is 6.18 Å². The fourth-order valence-corrected chi connectivity index (χ4v) is 2.71. The molecule has 1 N–H and O–H groups in total. The molecular formula is C19H17F3N2O2. The van der Waals surface area contributed by atoms with Crippen LogP contribution in [0.4, 0.5) is 24.5 Å². The van der Waals surface area contributed by atoms with E-state index >= 15 is 0 Å². The molecule has 0 bridgehead atoms. The van der Waals surface area contributed by atoms with Gasteiger partial charge in [-0.2, -0.15) is 13.2 Å². The van der Waals surface area contributed by atoms with Gasteiger partial charge in [0.15, 0.2) is 11.5 Å². The molecule has 26 heavy (non-hydrogen) atoms. The third kappa shape index (κ3) is 3.51. The van der Waals surface area contributed by atoms with Gasteiger partial charge in [0.1, 0.15) is 0 Å². The first-order chi connectivity index (χ1) is 12.3. The highest BCUT2D eigenvalue weighted by molar-refractivity contribution is 5.93. The molecule has 0 saturated carbocycles. The summed E-state index contributed by atoms with van der Waals surface area (Å²) in [4.78, 5) is 4.23. The maximum absolute atomic E-state index is 12.9. The molecule has 1 aromatic heterocycles. The van der Waals surface area contributed by atoms with Gasteiger partial charge in [0.25, 0.3) is 0 Å². The molecule has 0 saturated heterocycles. The fourth-order valence-electron chi connectivity index (χ4n) is 2.71. The Kier molecular flexibility index (Phi) is 4.63. The normalized spacial score (nSPS) is 11.5. The van der Waals surface area contributed by atoms with Crippen LogP contribution in [-0.4, -0.2) is 19.2 Å². The number of aryl methyl sites for hydroxylation is 1. The van der Waals surface area contributed by atoms with Crippen molar-refractivity contribution in [3.63, 3.8) is 0 Å². The number of hydrogen-bond acceptors (Lipinski definition) is 4.